The number of hydrogen-bond donors (Lipinski definition) is 0. The number of hydrazone groups is 1. The first-order chi connectivity index (χ1) is 15.4. The Hall–Kier alpha value is -4.11. The standard InChI is InChI=1S/C28H22N2O/c1-3-10-22(11-4-1)21-30(24-14-5-2-6-15-24)29-20-25-18-19-28(31-25)27-17-9-13-23-12-7-8-16-26(23)27/h1-20H,21H2/b29-20+. The molecule has 0 aliphatic carbocycles. The van der Waals surface area contributed by atoms with Crippen molar-refractivity contribution < 1.29 is 4.42 Å². The van der Waals surface area contributed by atoms with Gasteiger partial charge >= 0.3 is 0 Å². The Morgan fingerprint density at radius 3 is 2.23 bits per heavy atom. The second kappa shape index (κ2) is 8.72. The third-order valence-corrected chi connectivity index (χ3v) is 5.24. The van der Waals surface area contributed by atoms with Crippen LogP contribution in [0.3, 0.4) is 0 Å². The molecule has 0 saturated carbocycles. The minimum atomic E-state index is 0.679. The summed E-state index contributed by atoms with van der Waals surface area (Å²) in [6, 6.07) is 39.1. The first-order valence-electron chi connectivity index (χ1n) is 10.4. The summed E-state index contributed by atoms with van der Waals surface area (Å²) < 4.78 is 6.14. The van der Waals surface area contributed by atoms with E-state index in [2.05, 4.69) is 66.7 Å². The lowest BCUT2D eigenvalue weighted by Gasteiger charge is -2.19. The highest BCUT2D eigenvalue weighted by molar-refractivity contribution is 5.95. The molecular weight excluding hydrogens is 380 g/mol. The average molecular weight is 402 g/mol. The SMILES string of the molecule is C(=N\N(Cc1ccccc1)c1ccccc1)/c1ccc(-c2cccc3ccccc23)o1. The van der Waals surface area contributed by atoms with Crippen molar-refractivity contribution >= 4 is 22.7 Å². The van der Waals surface area contributed by atoms with E-state index < -0.39 is 0 Å². The summed E-state index contributed by atoms with van der Waals surface area (Å²) >= 11 is 0. The van der Waals surface area contributed by atoms with E-state index in [1.54, 1.807) is 6.21 Å². The van der Waals surface area contributed by atoms with E-state index in [9.17, 15) is 0 Å². The Morgan fingerprint density at radius 1 is 0.677 bits per heavy atom. The number of hydrogen-bond acceptors (Lipinski definition) is 3. The van der Waals surface area contributed by atoms with Crippen molar-refractivity contribution in [2.24, 2.45) is 5.10 Å². The van der Waals surface area contributed by atoms with E-state index in [1.807, 2.05) is 53.5 Å². The smallest absolute Gasteiger partial charge is 0.147 e. The van der Waals surface area contributed by atoms with Crippen LogP contribution >= 0.6 is 0 Å². The molecule has 0 saturated heterocycles. The molecule has 1 aromatic heterocycles. The maximum Gasteiger partial charge on any atom is 0.147 e. The summed E-state index contributed by atoms with van der Waals surface area (Å²) in [5.41, 5.74) is 3.31. The third kappa shape index (κ3) is 4.26. The van der Waals surface area contributed by atoms with Gasteiger partial charge in [0.05, 0.1) is 18.4 Å². The van der Waals surface area contributed by atoms with Crippen LogP contribution in [0.25, 0.3) is 22.1 Å². The average Bonchev–Trinajstić information content (AvgIpc) is 3.31. The van der Waals surface area contributed by atoms with Gasteiger partial charge in [-0.3, -0.25) is 5.01 Å². The van der Waals surface area contributed by atoms with E-state index in [0.717, 1.165) is 22.8 Å². The zero-order valence-electron chi connectivity index (χ0n) is 17.1. The van der Waals surface area contributed by atoms with Gasteiger partial charge in [0.2, 0.25) is 0 Å². The van der Waals surface area contributed by atoms with Crippen molar-refractivity contribution in [1.82, 2.24) is 0 Å². The van der Waals surface area contributed by atoms with Crippen LogP contribution in [0.2, 0.25) is 0 Å². The summed E-state index contributed by atoms with van der Waals surface area (Å²) in [5, 5.41) is 9.10. The van der Waals surface area contributed by atoms with Crippen LogP contribution < -0.4 is 5.01 Å². The Morgan fingerprint density at radius 2 is 1.39 bits per heavy atom. The number of rotatable bonds is 6. The predicted molar refractivity (Wildman–Crippen MR) is 128 cm³/mol. The molecule has 0 aliphatic rings. The third-order valence-electron chi connectivity index (χ3n) is 5.24. The molecule has 4 aromatic carbocycles. The summed E-state index contributed by atoms with van der Waals surface area (Å²) in [7, 11) is 0. The van der Waals surface area contributed by atoms with Crippen LogP contribution in [0.5, 0.6) is 0 Å². The minimum absolute atomic E-state index is 0.679. The Bertz CT molecular complexity index is 1300. The molecule has 5 aromatic rings. The lowest BCUT2D eigenvalue weighted by Crippen LogP contribution is -2.15. The van der Waals surface area contributed by atoms with Crippen LogP contribution in [0.4, 0.5) is 5.69 Å². The van der Waals surface area contributed by atoms with Crippen LogP contribution in [0.15, 0.2) is 125 Å². The molecule has 0 N–H and O–H groups in total. The summed E-state index contributed by atoms with van der Waals surface area (Å²) in [6.45, 7) is 0.679. The fourth-order valence-corrected chi connectivity index (χ4v) is 3.69. The molecule has 1 heterocycles. The summed E-state index contributed by atoms with van der Waals surface area (Å²) in [5.74, 6) is 1.56. The van der Waals surface area contributed by atoms with Crippen molar-refractivity contribution in [3.63, 3.8) is 0 Å². The van der Waals surface area contributed by atoms with Gasteiger partial charge in [-0.05, 0) is 40.6 Å². The Balaban J connectivity index is 1.43. The normalized spacial score (nSPS) is 11.2. The van der Waals surface area contributed by atoms with Gasteiger partial charge in [-0.15, -0.1) is 0 Å². The highest BCUT2D eigenvalue weighted by Gasteiger charge is 2.09. The Labute approximate surface area is 181 Å². The summed E-state index contributed by atoms with van der Waals surface area (Å²) in [4.78, 5) is 0. The molecule has 3 nitrogen and oxygen atoms in total. The molecule has 150 valence electrons. The van der Waals surface area contributed by atoms with Gasteiger partial charge in [0.1, 0.15) is 11.5 Å². The van der Waals surface area contributed by atoms with Gasteiger partial charge in [-0.1, -0.05) is 91.0 Å². The monoisotopic (exact) mass is 402 g/mol. The molecular formula is C28H22N2O. The number of nitrogens with zero attached hydrogens (tertiary/aromatic N) is 2. The van der Waals surface area contributed by atoms with Crippen molar-refractivity contribution in [3.05, 3.63) is 127 Å². The topological polar surface area (TPSA) is 28.7 Å². The quantitative estimate of drug-likeness (QED) is 0.223. The maximum atomic E-state index is 6.14. The van der Waals surface area contributed by atoms with Gasteiger partial charge in [-0.25, -0.2) is 0 Å². The molecule has 0 fully saturated rings. The van der Waals surface area contributed by atoms with Gasteiger partial charge in [0.15, 0.2) is 0 Å². The van der Waals surface area contributed by atoms with Gasteiger partial charge in [-0.2, -0.15) is 5.10 Å². The van der Waals surface area contributed by atoms with E-state index in [-0.39, 0.29) is 0 Å². The van der Waals surface area contributed by atoms with Crippen molar-refractivity contribution in [2.75, 3.05) is 5.01 Å². The highest BCUT2D eigenvalue weighted by atomic mass is 16.3. The lowest BCUT2D eigenvalue weighted by molar-refractivity contribution is 0.575. The van der Waals surface area contributed by atoms with Crippen LogP contribution in [-0.2, 0) is 6.54 Å². The molecule has 0 spiro atoms. The summed E-state index contributed by atoms with van der Waals surface area (Å²) in [6.07, 6.45) is 1.78. The van der Waals surface area contributed by atoms with Crippen molar-refractivity contribution in [1.29, 1.82) is 0 Å². The van der Waals surface area contributed by atoms with Gasteiger partial charge < -0.3 is 4.42 Å². The van der Waals surface area contributed by atoms with Crippen LogP contribution in [0, 0.1) is 0 Å². The van der Waals surface area contributed by atoms with Gasteiger partial charge in [0.25, 0.3) is 0 Å². The van der Waals surface area contributed by atoms with Crippen LogP contribution in [0.1, 0.15) is 11.3 Å². The maximum absolute atomic E-state index is 6.14. The first kappa shape index (κ1) is 18.9. The van der Waals surface area contributed by atoms with Gasteiger partial charge in [0, 0.05) is 5.56 Å². The van der Waals surface area contributed by atoms with Crippen LogP contribution in [-0.4, -0.2) is 6.21 Å². The molecule has 5 rings (SSSR count). The molecule has 0 atom stereocenters. The number of fused-ring (bicyclic) bond motifs is 1. The number of para-hydroxylation sites is 1. The predicted octanol–water partition coefficient (Wildman–Crippen LogP) is 7.14. The van der Waals surface area contributed by atoms with E-state index in [0.29, 0.717) is 6.54 Å². The zero-order valence-corrected chi connectivity index (χ0v) is 17.1. The second-order valence-electron chi connectivity index (χ2n) is 7.35. The fraction of sp³-hybridized carbons (Fsp3) is 0.0357. The molecule has 3 heteroatoms. The molecule has 0 radical (unpaired) electrons. The molecule has 31 heavy (non-hydrogen) atoms. The van der Waals surface area contributed by atoms with Crippen molar-refractivity contribution in [2.45, 2.75) is 6.54 Å². The van der Waals surface area contributed by atoms with E-state index in [4.69, 9.17) is 9.52 Å². The number of anilines is 1. The molecule has 0 aliphatic heterocycles. The number of benzene rings is 4. The largest absolute Gasteiger partial charge is 0.455 e. The van der Waals surface area contributed by atoms with E-state index >= 15 is 0 Å². The number of furan rings is 1. The highest BCUT2D eigenvalue weighted by Crippen LogP contribution is 2.29. The van der Waals surface area contributed by atoms with Crippen molar-refractivity contribution in [3.8, 4) is 11.3 Å². The first-order valence-corrected chi connectivity index (χ1v) is 10.4. The fourth-order valence-electron chi connectivity index (χ4n) is 3.69. The lowest BCUT2D eigenvalue weighted by atomic mass is 10.0. The zero-order chi connectivity index (χ0) is 20.9. The molecule has 0 bridgehead atoms. The molecule has 0 unspecified atom stereocenters. The minimum Gasteiger partial charge on any atom is -0.455 e. The second-order valence-corrected chi connectivity index (χ2v) is 7.35. The Kier molecular flexibility index (Phi) is 5.31. The molecule has 0 amide bonds. The van der Waals surface area contributed by atoms with E-state index in [1.165, 1.54) is 16.3 Å².